The number of amides is 1. The highest BCUT2D eigenvalue weighted by atomic mass is 16.6. The summed E-state index contributed by atoms with van der Waals surface area (Å²) in [7, 11) is 0. The normalized spacial score (nSPS) is 34.1. The second-order valence-electron chi connectivity index (χ2n) is 6.46. The molecule has 3 rings (SSSR count). The molecule has 0 atom stereocenters. The Morgan fingerprint density at radius 3 is 2.33 bits per heavy atom. The predicted octanol–water partition coefficient (Wildman–Crippen LogP) is 0.799. The Morgan fingerprint density at radius 1 is 1.39 bits per heavy atom. The Morgan fingerprint density at radius 2 is 1.94 bits per heavy atom. The van der Waals surface area contributed by atoms with E-state index in [1.165, 1.54) is 4.90 Å². The number of aliphatic carboxylic acids is 1. The maximum absolute atomic E-state index is 12.1. The molecule has 0 aromatic rings. The maximum atomic E-state index is 12.1. The van der Waals surface area contributed by atoms with E-state index < -0.39 is 23.2 Å². The third-order valence-corrected chi connectivity index (χ3v) is 3.79. The average molecular weight is 256 g/mol. The zero-order valence-electron chi connectivity index (χ0n) is 11.0. The molecule has 2 saturated heterocycles. The molecule has 0 spiro atoms. The minimum Gasteiger partial charge on any atom is -0.479 e. The summed E-state index contributed by atoms with van der Waals surface area (Å²) in [6, 6.07) is 0. The van der Waals surface area contributed by atoms with Crippen molar-refractivity contribution in [2.45, 2.75) is 44.8 Å². The molecule has 2 bridgehead atoms. The van der Waals surface area contributed by atoms with E-state index in [0.717, 1.165) is 0 Å². The molecule has 6 heteroatoms. The number of hydrogen-bond donors (Lipinski definition) is 2. The largest absolute Gasteiger partial charge is 0.479 e. The third kappa shape index (κ3) is 1.75. The van der Waals surface area contributed by atoms with Crippen molar-refractivity contribution in [1.29, 1.82) is 0 Å². The van der Waals surface area contributed by atoms with Crippen LogP contribution >= 0.6 is 0 Å². The molecule has 0 aromatic carbocycles. The summed E-state index contributed by atoms with van der Waals surface area (Å²) in [4.78, 5) is 24.8. The fourth-order valence-corrected chi connectivity index (χ4v) is 3.01. The molecule has 0 radical (unpaired) electrons. The molecular weight excluding hydrogens is 236 g/mol. The number of ether oxygens (including phenoxy) is 1. The van der Waals surface area contributed by atoms with E-state index >= 15 is 0 Å². The lowest BCUT2D eigenvalue weighted by Gasteiger charge is -2.43. The Hall–Kier alpha value is -1.30. The number of carboxylic acid groups (broad SMARTS) is 1. The molecule has 0 aromatic heterocycles. The van der Waals surface area contributed by atoms with Gasteiger partial charge in [-0.25, -0.2) is 9.59 Å². The van der Waals surface area contributed by atoms with Crippen LogP contribution < -0.4 is 5.73 Å². The standard InChI is InChI=1S/C12H20N2O4/c1-10(2,3)18-9(17)14-7-11(6-13)4-12(14,5-11)8(15)16/h4-7,13H2,1-3H3,(H,15,16). The Balaban J connectivity index is 2.18. The van der Waals surface area contributed by atoms with Crippen LogP contribution in [0.1, 0.15) is 33.6 Å². The van der Waals surface area contributed by atoms with Crippen molar-refractivity contribution in [3.63, 3.8) is 0 Å². The van der Waals surface area contributed by atoms with Gasteiger partial charge in [0, 0.05) is 12.0 Å². The van der Waals surface area contributed by atoms with Crippen LogP contribution in [-0.4, -0.2) is 46.3 Å². The van der Waals surface area contributed by atoms with Gasteiger partial charge in [-0.1, -0.05) is 0 Å². The zero-order valence-corrected chi connectivity index (χ0v) is 11.0. The first-order valence-electron chi connectivity index (χ1n) is 6.08. The van der Waals surface area contributed by atoms with Gasteiger partial charge in [0.05, 0.1) is 0 Å². The SMILES string of the molecule is CC(C)(C)OC(=O)N1CC2(CN)CC1(C(=O)O)C2. The number of carboxylic acids is 1. The molecule has 2 aliphatic heterocycles. The maximum Gasteiger partial charge on any atom is 0.411 e. The molecule has 2 heterocycles. The Kier molecular flexibility index (Phi) is 2.63. The molecular formula is C12H20N2O4. The lowest BCUT2D eigenvalue weighted by Crippen LogP contribution is -2.58. The van der Waals surface area contributed by atoms with Gasteiger partial charge in [-0.05, 0) is 40.2 Å². The number of fused-ring (bicyclic) bond motifs is 1. The van der Waals surface area contributed by atoms with Crippen LogP contribution in [0, 0.1) is 5.41 Å². The number of nitrogens with zero attached hydrogens (tertiary/aromatic N) is 1. The third-order valence-electron chi connectivity index (χ3n) is 3.79. The molecule has 3 N–H and O–H groups in total. The van der Waals surface area contributed by atoms with Crippen molar-refractivity contribution >= 4 is 12.1 Å². The number of nitrogens with two attached hydrogens (primary N) is 1. The second-order valence-corrected chi connectivity index (χ2v) is 6.46. The molecule has 1 amide bonds. The topological polar surface area (TPSA) is 92.9 Å². The fraction of sp³-hybridized carbons (Fsp3) is 0.833. The first-order chi connectivity index (χ1) is 8.14. The predicted molar refractivity (Wildman–Crippen MR) is 64.0 cm³/mol. The summed E-state index contributed by atoms with van der Waals surface area (Å²) >= 11 is 0. The monoisotopic (exact) mass is 256 g/mol. The van der Waals surface area contributed by atoms with Crippen LogP contribution in [0.3, 0.4) is 0 Å². The molecule has 6 nitrogen and oxygen atoms in total. The van der Waals surface area contributed by atoms with E-state index in [4.69, 9.17) is 10.5 Å². The molecule has 3 fully saturated rings. The van der Waals surface area contributed by atoms with Gasteiger partial charge >= 0.3 is 12.1 Å². The van der Waals surface area contributed by atoms with Crippen molar-refractivity contribution in [2.24, 2.45) is 11.1 Å². The second kappa shape index (κ2) is 3.60. The van der Waals surface area contributed by atoms with Crippen LogP contribution in [0.4, 0.5) is 4.79 Å². The average Bonchev–Trinajstić information content (AvgIpc) is 2.64. The van der Waals surface area contributed by atoms with Crippen LogP contribution in [0.2, 0.25) is 0 Å². The Labute approximate surface area is 106 Å². The van der Waals surface area contributed by atoms with Crippen molar-refractivity contribution in [3.8, 4) is 0 Å². The number of carbonyl (C=O) groups excluding carboxylic acids is 1. The molecule has 1 saturated carbocycles. The summed E-state index contributed by atoms with van der Waals surface area (Å²) in [6.45, 7) is 6.07. The van der Waals surface area contributed by atoms with Crippen LogP contribution in [0.5, 0.6) is 0 Å². The van der Waals surface area contributed by atoms with Gasteiger partial charge in [-0.2, -0.15) is 0 Å². The van der Waals surface area contributed by atoms with Gasteiger partial charge in [-0.15, -0.1) is 0 Å². The summed E-state index contributed by atoms with van der Waals surface area (Å²) in [5.41, 5.74) is 3.74. The van der Waals surface area contributed by atoms with Crippen molar-refractivity contribution in [2.75, 3.05) is 13.1 Å². The highest BCUT2D eigenvalue weighted by molar-refractivity contribution is 5.87. The highest BCUT2D eigenvalue weighted by Gasteiger charge is 2.70. The zero-order chi connectivity index (χ0) is 13.8. The van der Waals surface area contributed by atoms with E-state index in [0.29, 0.717) is 25.9 Å². The van der Waals surface area contributed by atoms with Crippen molar-refractivity contribution in [1.82, 2.24) is 4.90 Å². The summed E-state index contributed by atoms with van der Waals surface area (Å²) < 4.78 is 5.27. The summed E-state index contributed by atoms with van der Waals surface area (Å²) in [5, 5.41) is 9.35. The smallest absolute Gasteiger partial charge is 0.411 e. The van der Waals surface area contributed by atoms with E-state index in [2.05, 4.69) is 0 Å². The lowest BCUT2D eigenvalue weighted by molar-refractivity contribution is -0.154. The van der Waals surface area contributed by atoms with Gasteiger partial charge in [0.2, 0.25) is 0 Å². The highest BCUT2D eigenvalue weighted by Crippen LogP contribution is 2.59. The van der Waals surface area contributed by atoms with Gasteiger partial charge in [0.1, 0.15) is 11.1 Å². The minimum atomic E-state index is -1.10. The molecule has 0 unspecified atom stereocenters. The van der Waals surface area contributed by atoms with Gasteiger partial charge in [-0.3, -0.25) is 4.90 Å². The van der Waals surface area contributed by atoms with E-state index in [-0.39, 0.29) is 5.41 Å². The van der Waals surface area contributed by atoms with Gasteiger partial charge in [0.15, 0.2) is 0 Å². The summed E-state index contributed by atoms with van der Waals surface area (Å²) in [6.07, 6.45) is 0.314. The first kappa shape index (κ1) is 13.1. The number of hydrogen-bond acceptors (Lipinski definition) is 4. The number of rotatable bonds is 2. The molecule has 3 aliphatic rings. The van der Waals surface area contributed by atoms with E-state index in [1.807, 2.05) is 0 Å². The van der Waals surface area contributed by atoms with Crippen LogP contribution in [0.15, 0.2) is 0 Å². The minimum absolute atomic E-state index is 0.227. The van der Waals surface area contributed by atoms with E-state index in [1.54, 1.807) is 20.8 Å². The van der Waals surface area contributed by atoms with Gasteiger partial charge in [0.25, 0.3) is 0 Å². The quantitative estimate of drug-likeness (QED) is 0.762. The van der Waals surface area contributed by atoms with Crippen LogP contribution in [0.25, 0.3) is 0 Å². The molecule has 102 valence electrons. The van der Waals surface area contributed by atoms with Gasteiger partial charge < -0.3 is 15.6 Å². The number of carbonyl (C=O) groups is 2. The molecule has 18 heavy (non-hydrogen) atoms. The fourth-order valence-electron chi connectivity index (χ4n) is 3.01. The lowest BCUT2D eigenvalue weighted by atomic mass is 9.62. The van der Waals surface area contributed by atoms with Crippen LogP contribution in [-0.2, 0) is 9.53 Å². The molecule has 1 aliphatic carbocycles. The first-order valence-corrected chi connectivity index (χ1v) is 6.08. The summed E-state index contributed by atoms with van der Waals surface area (Å²) in [5.74, 6) is -0.963. The Bertz CT molecular complexity index is 393. The van der Waals surface area contributed by atoms with Crippen molar-refractivity contribution in [3.05, 3.63) is 0 Å². The van der Waals surface area contributed by atoms with Crippen molar-refractivity contribution < 1.29 is 19.4 Å². The van der Waals surface area contributed by atoms with E-state index in [9.17, 15) is 14.7 Å².